The zero-order chi connectivity index (χ0) is 21.1. The Kier molecular flexibility index (Phi) is 5.69. The Labute approximate surface area is 181 Å². The lowest BCUT2D eigenvalue weighted by Gasteiger charge is -2.37. The van der Waals surface area contributed by atoms with Gasteiger partial charge in [-0.2, -0.15) is 0 Å². The van der Waals surface area contributed by atoms with Crippen LogP contribution in [0.2, 0.25) is 5.02 Å². The lowest BCUT2D eigenvalue weighted by atomic mass is 9.89. The second kappa shape index (κ2) is 8.41. The van der Waals surface area contributed by atoms with E-state index in [0.29, 0.717) is 29.4 Å². The normalized spacial score (nSPS) is 16.8. The lowest BCUT2D eigenvalue weighted by molar-refractivity contribution is 0.0619. The molecule has 1 amide bonds. The van der Waals surface area contributed by atoms with E-state index in [9.17, 15) is 4.79 Å². The van der Waals surface area contributed by atoms with Crippen molar-refractivity contribution in [2.24, 2.45) is 0 Å². The molecule has 4 rings (SSSR count). The summed E-state index contributed by atoms with van der Waals surface area (Å²) in [5.41, 5.74) is 2.16. The third-order valence-electron chi connectivity index (χ3n) is 5.15. The molecule has 0 fully saturated rings. The average Bonchev–Trinajstić information content (AvgIpc) is 2.73. The smallest absolute Gasteiger partial charge is 0.251 e. The van der Waals surface area contributed by atoms with Crippen LogP contribution in [0.1, 0.15) is 47.8 Å². The largest absolute Gasteiger partial charge is 0.489 e. The molecule has 1 aliphatic heterocycles. The number of para-hydroxylation sites is 1. The maximum atomic E-state index is 12.9. The summed E-state index contributed by atoms with van der Waals surface area (Å²) in [5.74, 6) is 1.39. The first-order valence-corrected chi connectivity index (χ1v) is 10.3. The van der Waals surface area contributed by atoms with Gasteiger partial charge < -0.3 is 14.8 Å². The minimum Gasteiger partial charge on any atom is -0.489 e. The van der Waals surface area contributed by atoms with Gasteiger partial charge in [-0.15, -0.1) is 0 Å². The molecule has 0 bridgehead atoms. The maximum Gasteiger partial charge on any atom is 0.251 e. The van der Waals surface area contributed by atoms with Crippen molar-refractivity contribution in [2.75, 3.05) is 0 Å². The molecule has 30 heavy (non-hydrogen) atoms. The van der Waals surface area contributed by atoms with E-state index < -0.39 is 0 Å². The number of hydrogen-bond acceptors (Lipinski definition) is 3. The molecule has 0 radical (unpaired) electrons. The molecule has 0 aromatic heterocycles. The van der Waals surface area contributed by atoms with Gasteiger partial charge in [0.25, 0.3) is 5.91 Å². The van der Waals surface area contributed by atoms with E-state index >= 15 is 0 Å². The highest BCUT2D eigenvalue weighted by Gasteiger charge is 2.34. The minimum atomic E-state index is -0.345. The van der Waals surface area contributed by atoms with Crippen LogP contribution in [0.4, 0.5) is 0 Å². The van der Waals surface area contributed by atoms with Gasteiger partial charge >= 0.3 is 0 Å². The first-order valence-electron chi connectivity index (χ1n) is 9.96. The van der Waals surface area contributed by atoms with Crippen molar-refractivity contribution in [3.63, 3.8) is 0 Å². The van der Waals surface area contributed by atoms with Crippen LogP contribution in [0.25, 0.3) is 0 Å². The van der Waals surface area contributed by atoms with Crippen LogP contribution in [0.3, 0.4) is 0 Å². The third kappa shape index (κ3) is 4.60. The number of carbonyl (C=O) groups excluding carboxylic acids is 1. The van der Waals surface area contributed by atoms with Crippen molar-refractivity contribution in [1.29, 1.82) is 0 Å². The quantitative estimate of drug-likeness (QED) is 0.553. The summed E-state index contributed by atoms with van der Waals surface area (Å²) < 4.78 is 11.8. The van der Waals surface area contributed by atoms with Gasteiger partial charge in [-0.05, 0) is 50.2 Å². The van der Waals surface area contributed by atoms with Crippen molar-refractivity contribution in [2.45, 2.75) is 38.5 Å². The first-order chi connectivity index (χ1) is 14.4. The lowest BCUT2D eigenvalue weighted by Crippen LogP contribution is -2.41. The fourth-order valence-electron chi connectivity index (χ4n) is 3.65. The summed E-state index contributed by atoms with van der Waals surface area (Å²) in [7, 11) is 0. The van der Waals surface area contributed by atoms with Gasteiger partial charge in [0.05, 0.1) is 6.04 Å². The highest BCUT2D eigenvalue weighted by molar-refractivity contribution is 6.31. The fourth-order valence-corrected chi connectivity index (χ4v) is 3.84. The van der Waals surface area contributed by atoms with Gasteiger partial charge in [0, 0.05) is 28.1 Å². The molecule has 3 aromatic carbocycles. The summed E-state index contributed by atoms with van der Waals surface area (Å²) in [6.07, 6.45) is 0.703. The number of hydrogen-bond donors (Lipinski definition) is 1. The standard InChI is InChI=1S/C25H24ClNO3/c1-25(2)15-22(20-8-4-6-10-23(20)30-25)27-24(28)17-11-13-19(14-12-17)29-16-18-7-3-5-9-21(18)26/h3-14,22H,15-16H2,1-2H3,(H,27,28). The van der Waals surface area contributed by atoms with Crippen LogP contribution in [-0.2, 0) is 6.61 Å². The molecule has 1 N–H and O–H groups in total. The molecular formula is C25H24ClNO3. The Hall–Kier alpha value is -2.98. The number of fused-ring (bicyclic) bond motifs is 1. The second-order valence-corrected chi connectivity index (χ2v) is 8.44. The van der Waals surface area contributed by atoms with E-state index in [0.717, 1.165) is 16.9 Å². The zero-order valence-electron chi connectivity index (χ0n) is 17.0. The number of benzene rings is 3. The Balaban J connectivity index is 1.42. The van der Waals surface area contributed by atoms with E-state index in [1.165, 1.54) is 0 Å². The van der Waals surface area contributed by atoms with Gasteiger partial charge in [0.1, 0.15) is 23.7 Å². The number of amides is 1. The van der Waals surface area contributed by atoms with Crippen LogP contribution in [0, 0.1) is 0 Å². The van der Waals surface area contributed by atoms with Gasteiger partial charge in [-0.1, -0.05) is 48.0 Å². The van der Waals surface area contributed by atoms with Gasteiger partial charge in [-0.25, -0.2) is 0 Å². The summed E-state index contributed by atoms with van der Waals surface area (Å²) in [4.78, 5) is 12.9. The van der Waals surface area contributed by atoms with Crippen LogP contribution in [0.5, 0.6) is 11.5 Å². The summed E-state index contributed by atoms with van der Waals surface area (Å²) >= 11 is 6.16. The number of carbonyl (C=O) groups is 1. The van der Waals surface area contributed by atoms with Crippen molar-refractivity contribution in [3.8, 4) is 11.5 Å². The fraction of sp³-hybridized carbons (Fsp3) is 0.240. The monoisotopic (exact) mass is 421 g/mol. The molecule has 1 heterocycles. The zero-order valence-corrected chi connectivity index (χ0v) is 17.8. The first kappa shape index (κ1) is 20.3. The van der Waals surface area contributed by atoms with E-state index in [1.807, 2.05) is 62.4 Å². The summed E-state index contributed by atoms with van der Waals surface area (Å²) in [5, 5.41) is 3.83. The third-order valence-corrected chi connectivity index (χ3v) is 5.52. The average molecular weight is 422 g/mol. The van der Waals surface area contributed by atoms with Crippen molar-refractivity contribution < 1.29 is 14.3 Å². The molecule has 0 aliphatic carbocycles. The molecule has 1 atom stereocenters. The topological polar surface area (TPSA) is 47.6 Å². The molecule has 1 unspecified atom stereocenters. The number of nitrogens with one attached hydrogen (secondary N) is 1. The molecule has 3 aromatic rings. The van der Waals surface area contributed by atoms with Crippen LogP contribution >= 0.6 is 11.6 Å². The Morgan fingerprint density at radius 1 is 1.07 bits per heavy atom. The van der Waals surface area contributed by atoms with E-state index in [-0.39, 0.29) is 17.6 Å². The molecular weight excluding hydrogens is 398 g/mol. The van der Waals surface area contributed by atoms with Crippen LogP contribution < -0.4 is 14.8 Å². The predicted molar refractivity (Wildman–Crippen MR) is 118 cm³/mol. The van der Waals surface area contributed by atoms with Crippen molar-refractivity contribution in [3.05, 3.63) is 94.5 Å². The SMILES string of the molecule is CC1(C)CC(NC(=O)c2ccc(OCc3ccccc3Cl)cc2)c2ccccc2O1. The molecule has 4 nitrogen and oxygen atoms in total. The predicted octanol–water partition coefficient (Wildman–Crippen LogP) is 5.95. The van der Waals surface area contributed by atoms with Gasteiger partial charge in [0.2, 0.25) is 0 Å². The Morgan fingerprint density at radius 3 is 2.53 bits per heavy atom. The highest BCUT2D eigenvalue weighted by Crippen LogP contribution is 2.39. The summed E-state index contributed by atoms with van der Waals surface area (Å²) in [6, 6.07) is 22.5. The molecule has 0 saturated carbocycles. The number of rotatable bonds is 5. The molecule has 154 valence electrons. The van der Waals surface area contributed by atoms with Crippen LogP contribution in [0.15, 0.2) is 72.8 Å². The van der Waals surface area contributed by atoms with E-state index in [2.05, 4.69) is 5.32 Å². The summed E-state index contributed by atoms with van der Waals surface area (Å²) in [6.45, 7) is 4.44. The molecule has 0 saturated heterocycles. The molecule has 0 spiro atoms. The maximum absolute atomic E-state index is 12.9. The molecule has 1 aliphatic rings. The van der Waals surface area contributed by atoms with E-state index in [1.54, 1.807) is 24.3 Å². The Bertz CT molecular complexity index is 1050. The van der Waals surface area contributed by atoms with Crippen molar-refractivity contribution in [1.82, 2.24) is 5.32 Å². The van der Waals surface area contributed by atoms with E-state index in [4.69, 9.17) is 21.1 Å². The minimum absolute atomic E-state index is 0.103. The second-order valence-electron chi connectivity index (χ2n) is 8.03. The van der Waals surface area contributed by atoms with Crippen LogP contribution in [-0.4, -0.2) is 11.5 Å². The van der Waals surface area contributed by atoms with Gasteiger partial charge in [0.15, 0.2) is 0 Å². The van der Waals surface area contributed by atoms with Crippen molar-refractivity contribution >= 4 is 17.5 Å². The highest BCUT2D eigenvalue weighted by atomic mass is 35.5. The Morgan fingerprint density at radius 2 is 1.77 bits per heavy atom. The van der Waals surface area contributed by atoms with Gasteiger partial charge in [-0.3, -0.25) is 4.79 Å². The molecule has 5 heteroatoms. The number of ether oxygens (including phenoxy) is 2. The number of halogens is 1.